The van der Waals surface area contributed by atoms with Crippen LogP contribution in [-0.2, 0) is 6.54 Å². The first-order chi connectivity index (χ1) is 10.0. The highest BCUT2D eigenvalue weighted by molar-refractivity contribution is 5.99. The lowest BCUT2D eigenvalue weighted by Crippen LogP contribution is -2.27. The normalized spacial score (nSPS) is 10.2. The van der Waals surface area contributed by atoms with E-state index in [1.807, 2.05) is 25.1 Å². The average Bonchev–Trinajstić information content (AvgIpc) is 2.46. The number of carbonyl (C=O) groups is 1. The van der Waals surface area contributed by atoms with Crippen LogP contribution in [0.15, 0.2) is 42.5 Å². The van der Waals surface area contributed by atoms with E-state index in [0.717, 1.165) is 5.56 Å². The number of amides is 1. The van der Waals surface area contributed by atoms with Gasteiger partial charge in [-0.05, 0) is 24.6 Å². The molecule has 0 aromatic heterocycles. The third-order valence-electron chi connectivity index (χ3n) is 3.34. The number of nitrogens with zero attached hydrogens (tertiary/aromatic N) is 1. The van der Waals surface area contributed by atoms with Crippen LogP contribution < -0.4 is 10.5 Å². The molecule has 2 aromatic rings. The van der Waals surface area contributed by atoms with Gasteiger partial charge in [-0.3, -0.25) is 4.79 Å². The zero-order chi connectivity index (χ0) is 15.4. The van der Waals surface area contributed by atoms with E-state index in [2.05, 4.69) is 6.07 Å². The van der Waals surface area contributed by atoms with Crippen molar-refractivity contribution in [2.75, 3.05) is 19.9 Å². The van der Waals surface area contributed by atoms with Gasteiger partial charge >= 0.3 is 0 Å². The van der Waals surface area contributed by atoms with Crippen LogP contribution in [0.1, 0.15) is 21.5 Å². The summed E-state index contributed by atoms with van der Waals surface area (Å²) in [5, 5.41) is 0. The van der Waals surface area contributed by atoms with Gasteiger partial charge in [-0.2, -0.15) is 0 Å². The number of ether oxygens (including phenoxy) is 1. The molecule has 0 saturated carbocycles. The standard InChI is InChI=1S/C17H20N2O2/c1-12-5-4-6-13(9-12)11-19(2)17(20)15-8-7-14(21-3)10-16(15)18/h4-10H,11,18H2,1-3H3. The fourth-order valence-electron chi connectivity index (χ4n) is 2.22. The van der Waals surface area contributed by atoms with Crippen LogP contribution in [0.2, 0.25) is 0 Å². The molecule has 2 N–H and O–H groups in total. The van der Waals surface area contributed by atoms with Crippen LogP contribution in [0.5, 0.6) is 5.75 Å². The van der Waals surface area contributed by atoms with Crippen molar-refractivity contribution in [3.8, 4) is 5.75 Å². The smallest absolute Gasteiger partial charge is 0.255 e. The largest absolute Gasteiger partial charge is 0.497 e. The number of anilines is 1. The number of nitrogens with two attached hydrogens (primary N) is 1. The van der Waals surface area contributed by atoms with Crippen LogP contribution in [0, 0.1) is 6.92 Å². The lowest BCUT2D eigenvalue weighted by atomic mass is 10.1. The van der Waals surface area contributed by atoms with E-state index < -0.39 is 0 Å². The monoisotopic (exact) mass is 284 g/mol. The molecule has 2 rings (SSSR count). The molecule has 0 radical (unpaired) electrons. The Bertz CT molecular complexity index is 653. The third kappa shape index (κ3) is 3.54. The molecule has 2 aromatic carbocycles. The summed E-state index contributed by atoms with van der Waals surface area (Å²) in [6.07, 6.45) is 0. The molecule has 0 aliphatic carbocycles. The zero-order valence-electron chi connectivity index (χ0n) is 12.6. The molecule has 0 spiro atoms. The molecule has 0 bridgehead atoms. The Morgan fingerprint density at radius 1 is 1.24 bits per heavy atom. The predicted octanol–water partition coefficient (Wildman–Crippen LogP) is 2.86. The number of aryl methyl sites for hydroxylation is 1. The van der Waals surface area contributed by atoms with Crippen LogP contribution >= 0.6 is 0 Å². The van der Waals surface area contributed by atoms with Gasteiger partial charge in [-0.25, -0.2) is 0 Å². The summed E-state index contributed by atoms with van der Waals surface area (Å²) in [7, 11) is 3.34. The highest BCUT2D eigenvalue weighted by atomic mass is 16.5. The van der Waals surface area contributed by atoms with Gasteiger partial charge in [0.2, 0.25) is 0 Å². The van der Waals surface area contributed by atoms with Crippen molar-refractivity contribution in [1.29, 1.82) is 0 Å². The molecular formula is C17H20N2O2. The summed E-state index contributed by atoms with van der Waals surface area (Å²) in [6, 6.07) is 13.2. The second kappa shape index (κ2) is 6.31. The van der Waals surface area contributed by atoms with Crippen molar-refractivity contribution in [2.24, 2.45) is 0 Å². The summed E-state index contributed by atoms with van der Waals surface area (Å²) in [5.41, 5.74) is 9.12. The lowest BCUT2D eigenvalue weighted by Gasteiger charge is -2.19. The lowest BCUT2D eigenvalue weighted by molar-refractivity contribution is 0.0786. The summed E-state index contributed by atoms with van der Waals surface area (Å²) >= 11 is 0. The topological polar surface area (TPSA) is 55.6 Å². The van der Waals surface area contributed by atoms with Crippen molar-refractivity contribution < 1.29 is 9.53 Å². The summed E-state index contributed by atoms with van der Waals surface area (Å²) < 4.78 is 5.09. The van der Waals surface area contributed by atoms with Gasteiger partial charge in [-0.15, -0.1) is 0 Å². The van der Waals surface area contributed by atoms with Gasteiger partial charge < -0.3 is 15.4 Å². The van der Waals surface area contributed by atoms with E-state index in [9.17, 15) is 4.79 Å². The molecule has 21 heavy (non-hydrogen) atoms. The fraction of sp³-hybridized carbons (Fsp3) is 0.235. The summed E-state index contributed by atoms with van der Waals surface area (Å²) in [6.45, 7) is 2.58. The van der Waals surface area contributed by atoms with Crippen molar-refractivity contribution in [3.05, 3.63) is 59.2 Å². The van der Waals surface area contributed by atoms with E-state index in [4.69, 9.17) is 10.5 Å². The first kappa shape index (κ1) is 14.9. The third-order valence-corrected chi connectivity index (χ3v) is 3.34. The number of carbonyl (C=O) groups excluding carboxylic acids is 1. The maximum atomic E-state index is 12.5. The number of nitrogen functional groups attached to an aromatic ring is 1. The van der Waals surface area contributed by atoms with Crippen LogP contribution in [-0.4, -0.2) is 25.0 Å². The second-order valence-corrected chi connectivity index (χ2v) is 5.10. The van der Waals surface area contributed by atoms with E-state index in [1.165, 1.54) is 5.56 Å². The summed E-state index contributed by atoms with van der Waals surface area (Å²) in [5.74, 6) is 0.544. The summed E-state index contributed by atoms with van der Waals surface area (Å²) in [4.78, 5) is 14.1. The molecule has 0 aliphatic heterocycles. The van der Waals surface area contributed by atoms with Crippen molar-refractivity contribution >= 4 is 11.6 Å². The minimum Gasteiger partial charge on any atom is -0.497 e. The van der Waals surface area contributed by atoms with Gasteiger partial charge in [0.25, 0.3) is 5.91 Å². The Hall–Kier alpha value is -2.49. The highest BCUT2D eigenvalue weighted by Gasteiger charge is 2.15. The fourth-order valence-corrected chi connectivity index (χ4v) is 2.22. The van der Waals surface area contributed by atoms with E-state index in [1.54, 1.807) is 37.3 Å². The van der Waals surface area contributed by atoms with Crippen LogP contribution in [0.25, 0.3) is 0 Å². The Morgan fingerprint density at radius 3 is 2.62 bits per heavy atom. The number of rotatable bonds is 4. The second-order valence-electron chi connectivity index (χ2n) is 5.10. The molecule has 0 aliphatic rings. The molecule has 4 nitrogen and oxygen atoms in total. The van der Waals surface area contributed by atoms with Crippen LogP contribution in [0.3, 0.4) is 0 Å². The van der Waals surface area contributed by atoms with E-state index >= 15 is 0 Å². The molecule has 1 amide bonds. The molecule has 0 unspecified atom stereocenters. The Labute approximate surface area is 125 Å². The zero-order valence-corrected chi connectivity index (χ0v) is 12.6. The molecule has 0 heterocycles. The average molecular weight is 284 g/mol. The Balaban J connectivity index is 2.15. The predicted molar refractivity (Wildman–Crippen MR) is 84.4 cm³/mol. The molecule has 0 atom stereocenters. The Morgan fingerprint density at radius 2 is 2.00 bits per heavy atom. The van der Waals surface area contributed by atoms with Crippen LogP contribution in [0.4, 0.5) is 5.69 Å². The molecule has 0 saturated heterocycles. The van der Waals surface area contributed by atoms with E-state index in [-0.39, 0.29) is 5.91 Å². The van der Waals surface area contributed by atoms with Crippen molar-refractivity contribution in [3.63, 3.8) is 0 Å². The van der Waals surface area contributed by atoms with Crippen molar-refractivity contribution in [1.82, 2.24) is 4.90 Å². The minimum absolute atomic E-state index is 0.100. The molecule has 0 fully saturated rings. The van der Waals surface area contributed by atoms with Gasteiger partial charge in [0, 0.05) is 25.3 Å². The van der Waals surface area contributed by atoms with Gasteiger partial charge in [-0.1, -0.05) is 29.8 Å². The van der Waals surface area contributed by atoms with Gasteiger partial charge in [0.1, 0.15) is 5.75 Å². The molecular weight excluding hydrogens is 264 g/mol. The first-order valence-corrected chi connectivity index (χ1v) is 6.76. The number of hydrogen-bond acceptors (Lipinski definition) is 3. The molecule has 110 valence electrons. The van der Waals surface area contributed by atoms with Gasteiger partial charge in [0.15, 0.2) is 0 Å². The maximum absolute atomic E-state index is 12.5. The van der Waals surface area contributed by atoms with E-state index in [0.29, 0.717) is 23.5 Å². The number of methoxy groups -OCH3 is 1. The quantitative estimate of drug-likeness (QED) is 0.878. The molecule has 4 heteroatoms. The van der Waals surface area contributed by atoms with Crippen molar-refractivity contribution in [2.45, 2.75) is 13.5 Å². The highest BCUT2D eigenvalue weighted by Crippen LogP contribution is 2.21. The van der Waals surface area contributed by atoms with Gasteiger partial charge in [0.05, 0.1) is 12.7 Å². The number of benzene rings is 2. The SMILES string of the molecule is COc1ccc(C(=O)N(C)Cc2cccc(C)c2)c(N)c1. The maximum Gasteiger partial charge on any atom is 0.255 e. The minimum atomic E-state index is -0.100. The number of hydrogen-bond donors (Lipinski definition) is 1. The first-order valence-electron chi connectivity index (χ1n) is 6.76. The Kier molecular flexibility index (Phi) is 4.48.